The molecule has 0 aliphatic rings. The van der Waals surface area contributed by atoms with Crippen molar-refractivity contribution in [3.8, 4) is 11.5 Å². The van der Waals surface area contributed by atoms with E-state index in [9.17, 15) is 35.9 Å². The van der Waals surface area contributed by atoms with Gasteiger partial charge in [0, 0.05) is 11.4 Å². The molecule has 0 aromatic heterocycles. The number of hydrogen-bond donors (Lipinski definition) is 2. The predicted octanol–water partition coefficient (Wildman–Crippen LogP) is 4.13. The smallest absolute Gasteiger partial charge is 0.454 e. The Bertz CT molecular complexity index is 833. The summed E-state index contributed by atoms with van der Waals surface area (Å²) >= 11 is 0. The van der Waals surface area contributed by atoms with Crippen LogP contribution in [0.3, 0.4) is 0 Å². The van der Waals surface area contributed by atoms with Crippen molar-refractivity contribution in [1.29, 1.82) is 0 Å². The van der Waals surface area contributed by atoms with Crippen LogP contribution in [0.5, 0.6) is 11.5 Å². The van der Waals surface area contributed by atoms with Crippen LogP contribution in [0.1, 0.15) is 20.7 Å². The van der Waals surface area contributed by atoms with Gasteiger partial charge in [0.15, 0.2) is 0 Å². The van der Waals surface area contributed by atoms with Gasteiger partial charge in [-0.05, 0) is 36.4 Å². The summed E-state index contributed by atoms with van der Waals surface area (Å²) in [5.41, 5.74) is 8.00. The zero-order valence-electron chi connectivity index (χ0n) is 13.1. The van der Waals surface area contributed by atoms with Gasteiger partial charge in [-0.15, -0.1) is 0 Å². The summed E-state index contributed by atoms with van der Waals surface area (Å²) in [4.78, 5) is 22.7. The monoisotopic (exact) mass is 392 g/mol. The van der Waals surface area contributed by atoms with Gasteiger partial charge >= 0.3 is 12.4 Å². The van der Waals surface area contributed by atoms with Crippen LogP contribution in [-0.2, 0) is 0 Å². The van der Waals surface area contributed by atoms with Gasteiger partial charge in [0.2, 0.25) is 0 Å². The zero-order valence-corrected chi connectivity index (χ0v) is 13.1. The van der Waals surface area contributed by atoms with Crippen LogP contribution in [0.4, 0.5) is 37.7 Å². The van der Waals surface area contributed by atoms with Crippen molar-refractivity contribution in [3.63, 3.8) is 0 Å². The number of carbonyl (C=O) groups is 2. The van der Waals surface area contributed by atoms with Gasteiger partial charge < -0.3 is 16.2 Å². The van der Waals surface area contributed by atoms with Crippen LogP contribution in [0, 0.1) is 0 Å². The number of ketones is 2. The first kappa shape index (κ1) is 20.1. The van der Waals surface area contributed by atoms with Gasteiger partial charge in [-0.25, -0.2) is 0 Å². The lowest BCUT2D eigenvalue weighted by Crippen LogP contribution is -2.24. The van der Waals surface area contributed by atoms with E-state index in [0.717, 1.165) is 24.3 Å². The number of Topliss-reactive ketones (excluding diaryl/α,β-unsaturated/α-hetero) is 2. The molecule has 0 amide bonds. The third kappa shape index (κ3) is 4.49. The molecular weight excluding hydrogens is 382 g/mol. The normalized spacial score (nSPS) is 11.9. The van der Waals surface area contributed by atoms with Crippen molar-refractivity contribution in [2.45, 2.75) is 12.4 Å². The van der Waals surface area contributed by atoms with Gasteiger partial charge in [0.05, 0.1) is 11.1 Å². The molecule has 0 unspecified atom stereocenters. The molecular formula is C16H10F6N2O3. The van der Waals surface area contributed by atoms with E-state index in [-0.39, 0.29) is 11.5 Å². The number of halogens is 6. The third-order valence-electron chi connectivity index (χ3n) is 3.29. The molecule has 27 heavy (non-hydrogen) atoms. The molecule has 0 atom stereocenters. The highest BCUT2D eigenvalue weighted by Crippen LogP contribution is 2.32. The van der Waals surface area contributed by atoms with Crippen LogP contribution < -0.4 is 16.2 Å². The minimum absolute atomic E-state index is 0.313. The molecule has 4 N–H and O–H groups in total. The summed E-state index contributed by atoms with van der Waals surface area (Å²) in [5.74, 6) is -5.05. The molecule has 0 radical (unpaired) electrons. The largest absolute Gasteiger partial charge is 0.457 e. The van der Waals surface area contributed by atoms with E-state index in [1.165, 1.54) is 0 Å². The van der Waals surface area contributed by atoms with Crippen molar-refractivity contribution >= 4 is 22.9 Å². The number of benzene rings is 2. The molecule has 0 fully saturated rings. The average molecular weight is 392 g/mol. The Hall–Kier alpha value is -3.24. The number of anilines is 2. The van der Waals surface area contributed by atoms with Crippen LogP contribution in [-0.4, -0.2) is 23.9 Å². The van der Waals surface area contributed by atoms with Crippen LogP contribution in [0.15, 0.2) is 36.4 Å². The maximum Gasteiger partial charge on any atom is 0.454 e. The molecule has 0 saturated heterocycles. The van der Waals surface area contributed by atoms with Crippen molar-refractivity contribution in [2.24, 2.45) is 0 Å². The Morgan fingerprint density at radius 2 is 1.04 bits per heavy atom. The molecule has 11 heteroatoms. The quantitative estimate of drug-likeness (QED) is 0.463. The number of nitrogen functional groups attached to an aromatic ring is 2. The Balaban J connectivity index is 2.38. The summed E-state index contributed by atoms with van der Waals surface area (Å²) < 4.78 is 80.6. The number of carbonyl (C=O) groups excluding carboxylic acids is 2. The van der Waals surface area contributed by atoms with Gasteiger partial charge in [-0.3, -0.25) is 9.59 Å². The molecule has 2 aromatic carbocycles. The first-order valence-corrected chi connectivity index (χ1v) is 7.00. The lowest BCUT2D eigenvalue weighted by molar-refractivity contribution is -0.0887. The predicted molar refractivity (Wildman–Crippen MR) is 82.6 cm³/mol. The lowest BCUT2D eigenvalue weighted by Gasteiger charge is -2.13. The lowest BCUT2D eigenvalue weighted by atomic mass is 10.1. The van der Waals surface area contributed by atoms with E-state index < -0.39 is 46.4 Å². The average Bonchev–Trinajstić information content (AvgIpc) is 2.55. The van der Waals surface area contributed by atoms with E-state index in [1.807, 2.05) is 0 Å². The molecule has 2 aromatic rings. The van der Waals surface area contributed by atoms with E-state index in [2.05, 4.69) is 0 Å². The van der Waals surface area contributed by atoms with E-state index in [1.54, 1.807) is 0 Å². The summed E-state index contributed by atoms with van der Waals surface area (Å²) in [6.45, 7) is 0. The van der Waals surface area contributed by atoms with Gasteiger partial charge in [-0.1, -0.05) is 0 Å². The summed E-state index contributed by atoms with van der Waals surface area (Å²) in [7, 11) is 0. The maximum atomic E-state index is 12.6. The minimum atomic E-state index is -5.18. The van der Waals surface area contributed by atoms with Crippen LogP contribution in [0.2, 0.25) is 0 Å². The molecule has 0 aliphatic heterocycles. The standard InChI is InChI=1S/C16H10F6N2O3/c17-15(18,19)13(25)9-5-7(1-3-11(9)23)27-8-2-4-12(24)10(6-8)14(26)16(20,21)22/h1-6H,23-24H2. The molecule has 2 rings (SSSR count). The number of hydrogen-bond acceptors (Lipinski definition) is 5. The van der Waals surface area contributed by atoms with Gasteiger partial charge in [0.1, 0.15) is 11.5 Å². The minimum Gasteiger partial charge on any atom is -0.457 e. The molecule has 144 valence electrons. The number of rotatable bonds is 4. The second-order valence-corrected chi connectivity index (χ2v) is 5.25. The van der Waals surface area contributed by atoms with Crippen LogP contribution >= 0.6 is 0 Å². The van der Waals surface area contributed by atoms with Crippen molar-refractivity contribution in [2.75, 3.05) is 11.5 Å². The molecule has 0 heterocycles. The zero-order chi connectivity index (χ0) is 20.6. The summed E-state index contributed by atoms with van der Waals surface area (Å²) in [6.07, 6.45) is -10.4. The number of ether oxygens (including phenoxy) is 1. The molecule has 0 bridgehead atoms. The number of alkyl halides is 6. The first-order valence-electron chi connectivity index (χ1n) is 7.00. The Kier molecular flexibility index (Phi) is 5.07. The Morgan fingerprint density at radius 1 is 0.704 bits per heavy atom. The fourth-order valence-corrected chi connectivity index (χ4v) is 2.03. The first-order chi connectivity index (χ1) is 12.3. The highest BCUT2D eigenvalue weighted by molar-refractivity contribution is 6.05. The maximum absolute atomic E-state index is 12.6. The van der Waals surface area contributed by atoms with Crippen LogP contribution in [0.25, 0.3) is 0 Å². The Morgan fingerprint density at radius 3 is 1.33 bits per heavy atom. The number of nitrogens with two attached hydrogens (primary N) is 2. The fourth-order valence-electron chi connectivity index (χ4n) is 2.03. The highest BCUT2D eigenvalue weighted by atomic mass is 19.4. The summed E-state index contributed by atoms with van der Waals surface area (Å²) in [5, 5.41) is 0. The summed E-state index contributed by atoms with van der Waals surface area (Å²) in [6, 6.07) is 5.51. The SMILES string of the molecule is Nc1ccc(Oc2ccc(N)c(C(=O)C(F)(F)F)c2)cc1C(=O)C(F)(F)F. The molecule has 0 spiro atoms. The van der Waals surface area contributed by atoms with E-state index in [0.29, 0.717) is 12.1 Å². The van der Waals surface area contributed by atoms with E-state index >= 15 is 0 Å². The fraction of sp³-hybridized carbons (Fsp3) is 0.125. The van der Waals surface area contributed by atoms with Crippen molar-refractivity contribution in [1.82, 2.24) is 0 Å². The molecule has 5 nitrogen and oxygen atoms in total. The topological polar surface area (TPSA) is 95.4 Å². The Labute approximate surface area is 147 Å². The van der Waals surface area contributed by atoms with Crippen molar-refractivity contribution in [3.05, 3.63) is 47.5 Å². The van der Waals surface area contributed by atoms with E-state index in [4.69, 9.17) is 16.2 Å². The highest BCUT2D eigenvalue weighted by Gasteiger charge is 2.41. The van der Waals surface area contributed by atoms with Gasteiger partial charge in [0.25, 0.3) is 11.6 Å². The third-order valence-corrected chi connectivity index (χ3v) is 3.29. The second kappa shape index (κ2) is 6.82. The molecule has 0 aliphatic carbocycles. The van der Waals surface area contributed by atoms with Gasteiger partial charge in [-0.2, -0.15) is 26.3 Å². The second-order valence-electron chi connectivity index (χ2n) is 5.25. The molecule has 0 saturated carbocycles. The van der Waals surface area contributed by atoms with Crippen molar-refractivity contribution < 1.29 is 40.7 Å².